The zero-order chi connectivity index (χ0) is 13.8. The van der Waals surface area contributed by atoms with Crippen LogP contribution in [0.3, 0.4) is 0 Å². The van der Waals surface area contributed by atoms with E-state index in [4.69, 9.17) is 10.9 Å². The Hall–Kier alpha value is -1.31. The van der Waals surface area contributed by atoms with Gasteiger partial charge in [0.15, 0.2) is 0 Å². The number of aliphatic hydroxyl groups is 1. The normalized spacial score (nSPS) is 13.3. The fourth-order valence-electron chi connectivity index (χ4n) is 1.46. The van der Waals surface area contributed by atoms with Gasteiger partial charge in [-0.1, -0.05) is 6.92 Å². The highest BCUT2D eigenvalue weighted by molar-refractivity contribution is 7.89. The molecule has 0 saturated carbocycles. The maximum Gasteiger partial charge on any atom is 0.238 e. The van der Waals surface area contributed by atoms with Gasteiger partial charge in [-0.2, -0.15) is 0 Å². The van der Waals surface area contributed by atoms with Gasteiger partial charge in [0.1, 0.15) is 0 Å². The molecule has 0 bridgehead atoms. The standard InChI is InChI=1S/C11H19N3O3S/c1-2-8(15)5-6-14-11-4-3-9(7-10(11)12)18(13,16)17/h3-4,7-8,14-15H,2,5-6,12H2,1H3,(H2,13,16,17). The van der Waals surface area contributed by atoms with Gasteiger partial charge >= 0.3 is 0 Å². The highest BCUT2D eigenvalue weighted by atomic mass is 32.2. The van der Waals surface area contributed by atoms with Crippen molar-refractivity contribution >= 4 is 21.4 Å². The minimum atomic E-state index is -3.73. The minimum absolute atomic E-state index is 0.0147. The molecule has 1 atom stereocenters. The van der Waals surface area contributed by atoms with Crippen molar-refractivity contribution in [2.45, 2.75) is 30.8 Å². The number of primary sulfonamides is 1. The molecule has 0 aliphatic rings. The lowest BCUT2D eigenvalue weighted by atomic mass is 10.2. The quantitative estimate of drug-likeness (QED) is 0.562. The summed E-state index contributed by atoms with van der Waals surface area (Å²) in [5.74, 6) is 0. The summed E-state index contributed by atoms with van der Waals surface area (Å²) < 4.78 is 22.2. The molecule has 6 N–H and O–H groups in total. The van der Waals surface area contributed by atoms with Crippen LogP contribution >= 0.6 is 0 Å². The SMILES string of the molecule is CCC(O)CCNc1ccc(S(N)(=O)=O)cc1N. The Morgan fingerprint density at radius 2 is 2.11 bits per heavy atom. The zero-order valence-corrected chi connectivity index (χ0v) is 11.1. The molecule has 0 aromatic heterocycles. The highest BCUT2D eigenvalue weighted by Gasteiger charge is 2.10. The Bertz CT molecular complexity index is 502. The molecule has 0 aliphatic heterocycles. The second kappa shape index (κ2) is 6.03. The van der Waals surface area contributed by atoms with Crippen LogP contribution in [0.1, 0.15) is 19.8 Å². The van der Waals surface area contributed by atoms with Crippen LogP contribution in [0.25, 0.3) is 0 Å². The monoisotopic (exact) mass is 273 g/mol. The van der Waals surface area contributed by atoms with E-state index < -0.39 is 10.0 Å². The highest BCUT2D eigenvalue weighted by Crippen LogP contribution is 2.21. The fourth-order valence-corrected chi connectivity index (χ4v) is 2.01. The number of nitrogens with one attached hydrogen (secondary N) is 1. The summed E-state index contributed by atoms with van der Waals surface area (Å²) in [7, 11) is -3.73. The van der Waals surface area contributed by atoms with Crippen LogP contribution in [-0.4, -0.2) is 26.2 Å². The van der Waals surface area contributed by atoms with E-state index in [0.29, 0.717) is 30.8 Å². The fraction of sp³-hybridized carbons (Fsp3) is 0.455. The van der Waals surface area contributed by atoms with Crippen molar-refractivity contribution in [3.8, 4) is 0 Å². The van der Waals surface area contributed by atoms with Gasteiger partial charge in [-0.15, -0.1) is 0 Å². The first-order valence-corrected chi connectivity index (χ1v) is 7.23. The number of hydrogen-bond acceptors (Lipinski definition) is 5. The predicted octanol–water partition coefficient (Wildman–Crippen LogP) is 0.489. The van der Waals surface area contributed by atoms with Crippen molar-refractivity contribution in [2.75, 3.05) is 17.6 Å². The van der Waals surface area contributed by atoms with E-state index in [0.717, 1.165) is 0 Å². The summed E-state index contributed by atoms with van der Waals surface area (Å²) >= 11 is 0. The Kier molecular flexibility index (Phi) is 4.94. The van der Waals surface area contributed by atoms with Gasteiger partial charge in [-0.05, 0) is 31.0 Å². The number of nitrogens with two attached hydrogens (primary N) is 2. The first-order chi connectivity index (χ1) is 8.34. The average Bonchev–Trinajstić information content (AvgIpc) is 2.29. The maximum absolute atomic E-state index is 11.1. The summed E-state index contributed by atoms with van der Waals surface area (Å²) in [4.78, 5) is -0.0147. The summed E-state index contributed by atoms with van der Waals surface area (Å²) in [6.45, 7) is 2.47. The number of nitrogen functional groups attached to an aromatic ring is 1. The van der Waals surface area contributed by atoms with Crippen LogP contribution in [-0.2, 0) is 10.0 Å². The Labute approximate surface area is 107 Å². The summed E-state index contributed by atoms with van der Waals surface area (Å²) in [5, 5.41) is 17.4. The van der Waals surface area contributed by atoms with E-state index in [1.165, 1.54) is 12.1 Å². The molecule has 1 rings (SSSR count). The Morgan fingerprint density at radius 3 is 2.61 bits per heavy atom. The van der Waals surface area contributed by atoms with Crippen molar-refractivity contribution in [3.05, 3.63) is 18.2 Å². The third-order valence-corrected chi connectivity index (χ3v) is 3.53. The molecule has 0 radical (unpaired) electrons. The number of rotatable bonds is 6. The van der Waals surface area contributed by atoms with Crippen molar-refractivity contribution in [2.24, 2.45) is 5.14 Å². The third kappa shape index (κ3) is 4.17. The topological polar surface area (TPSA) is 118 Å². The molecule has 1 aromatic rings. The van der Waals surface area contributed by atoms with Crippen LogP contribution in [0.2, 0.25) is 0 Å². The molecule has 18 heavy (non-hydrogen) atoms. The summed E-state index contributed by atoms with van der Waals surface area (Å²) in [6, 6.07) is 4.27. The number of aliphatic hydroxyl groups excluding tert-OH is 1. The van der Waals surface area contributed by atoms with Crippen LogP contribution in [0.15, 0.2) is 23.1 Å². The Balaban J connectivity index is 2.69. The molecule has 1 aromatic carbocycles. The van der Waals surface area contributed by atoms with Crippen molar-refractivity contribution in [1.82, 2.24) is 0 Å². The molecule has 7 heteroatoms. The van der Waals surface area contributed by atoms with Gasteiger partial charge in [0.25, 0.3) is 0 Å². The predicted molar refractivity (Wildman–Crippen MR) is 71.6 cm³/mol. The van der Waals surface area contributed by atoms with E-state index in [1.54, 1.807) is 6.07 Å². The largest absolute Gasteiger partial charge is 0.397 e. The zero-order valence-electron chi connectivity index (χ0n) is 10.3. The van der Waals surface area contributed by atoms with Crippen molar-refractivity contribution in [1.29, 1.82) is 0 Å². The molecule has 0 heterocycles. The molecule has 102 valence electrons. The lowest BCUT2D eigenvalue weighted by molar-refractivity contribution is 0.164. The number of sulfonamides is 1. The number of hydrogen-bond donors (Lipinski definition) is 4. The van der Waals surface area contributed by atoms with Gasteiger partial charge in [0.05, 0.1) is 22.4 Å². The van der Waals surface area contributed by atoms with Gasteiger partial charge in [0.2, 0.25) is 10.0 Å². The lowest BCUT2D eigenvalue weighted by Gasteiger charge is -2.12. The smallest absolute Gasteiger partial charge is 0.238 e. The van der Waals surface area contributed by atoms with Gasteiger partial charge < -0.3 is 16.2 Å². The molecular weight excluding hydrogens is 254 g/mol. The number of benzene rings is 1. The summed E-state index contributed by atoms with van der Waals surface area (Å²) in [6.07, 6.45) is 0.955. The van der Waals surface area contributed by atoms with Crippen LogP contribution in [0.5, 0.6) is 0 Å². The average molecular weight is 273 g/mol. The molecule has 0 saturated heterocycles. The van der Waals surface area contributed by atoms with Crippen molar-refractivity contribution in [3.63, 3.8) is 0 Å². The van der Waals surface area contributed by atoms with Gasteiger partial charge in [-0.25, -0.2) is 13.6 Å². The second-order valence-electron chi connectivity index (χ2n) is 4.07. The van der Waals surface area contributed by atoms with Crippen LogP contribution in [0, 0.1) is 0 Å². The van der Waals surface area contributed by atoms with Gasteiger partial charge in [-0.3, -0.25) is 0 Å². The van der Waals surface area contributed by atoms with E-state index in [-0.39, 0.29) is 11.0 Å². The maximum atomic E-state index is 11.1. The van der Waals surface area contributed by atoms with Crippen LogP contribution < -0.4 is 16.2 Å². The first-order valence-electron chi connectivity index (χ1n) is 5.69. The molecule has 1 unspecified atom stereocenters. The van der Waals surface area contributed by atoms with Gasteiger partial charge in [0, 0.05) is 6.54 Å². The molecule has 0 amide bonds. The third-order valence-electron chi connectivity index (χ3n) is 2.62. The lowest BCUT2D eigenvalue weighted by Crippen LogP contribution is -2.14. The van der Waals surface area contributed by atoms with E-state index in [9.17, 15) is 13.5 Å². The van der Waals surface area contributed by atoms with E-state index >= 15 is 0 Å². The molecule has 6 nitrogen and oxygen atoms in total. The number of anilines is 2. The molecule has 0 fully saturated rings. The molecule has 0 aliphatic carbocycles. The summed E-state index contributed by atoms with van der Waals surface area (Å²) in [5.41, 5.74) is 6.67. The van der Waals surface area contributed by atoms with Crippen molar-refractivity contribution < 1.29 is 13.5 Å². The van der Waals surface area contributed by atoms with E-state index in [2.05, 4.69) is 5.32 Å². The minimum Gasteiger partial charge on any atom is -0.397 e. The van der Waals surface area contributed by atoms with E-state index in [1.807, 2.05) is 6.92 Å². The van der Waals surface area contributed by atoms with Crippen LogP contribution in [0.4, 0.5) is 11.4 Å². The Morgan fingerprint density at radius 1 is 1.44 bits per heavy atom. The first kappa shape index (κ1) is 14.7. The molecular formula is C11H19N3O3S. The second-order valence-corrected chi connectivity index (χ2v) is 5.63. The molecule has 0 spiro atoms.